The molecule has 1 heterocycles. The summed E-state index contributed by atoms with van der Waals surface area (Å²) in [6, 6.07) is 6.92. The number of thioether (sulfide) groups is 1. The van der Waals surface area contributed by atoms with Crippen molar-refractivity contribution in [2.75, 3.05) is 17.9 Å². The van der Waals surface area contributed by atoms with E-state index in [-0.39, 0.29) is 0 Å². The Morgan fingerprint density at radius 1 is 1.44 bits per heavy atom. The summed E-state index contributed by atoms with van der Waals surface area (Å²) in [5.74, 6) is 2.82. The van der Waals surface area contributed by atoms with Crippen molar-refractivity contribution >= 4 is 34.4 Å². The van der Waals surface area contributed by atoms with Crippen LogP contribution in [0.4, 0.5) is 0 Å². The van der Waals surface area contributed by atoms with Gasteiger partial charge in [-0.15, -0.1) is 11.6 Å². The summed E-state index contributed by atoms with van der Waals surface area (Å²) in [4.78, 5) is 4.74. The van der Waals surface area contributed by atoms with Gasteiger partial charge in [-0.2, -0.15) is 11.8 Å². The molecule has 0 aliphatic carbocycles. The first-order valence-corrected chi connectivity index (χ1v) is 8.12. The molecule has 1 atom stereocenters. The molecule has 1 aromatic carbocycles. The van der Waals surface area contributed by atoms with E-state index >= 15 is 0 Å². The molecule has 0 amide bonds. The Morgan fingerprint density at radius 2 is 2.22 bits per heavy atom. The fraction of sp³-hybridized carbons (Fsp3) is 0.500. The van der Waals surface area contributed by atoms with Crippen LogP contribution in [0.1, 0.15) is 24.4 Å². The highest BCUT2D eigenvalue weighted by Crippen LogP contribution is 2.24. The number of aryl methyl sites for hydroxylation is 2. The lowest BCUT2D eigenvalue weighted by Gasteiger charge is -2.16. The first-order chi connectivity index (χ1) is 8.67. The molecular formula is C14H19ClN2S. The highest BCUT2D eigenvalue weighted by Gasteiger charge is 2.15. The Balaban J connectivity index is 2.54. The third kappa shape index (κ3) is 2.67. The SMILES string of the molecule is CSCC(C)n1c(CCCl)nc2cc(C)ccc21. The topological polar surface area (TPSA) is 17.8 Å². The summed E-state index contributed by atoms with van der Waals surface area (Å²) in [5.41, 5.74) is 3.56. The minimum atomic E-state index is 0.450. The molecule has 0 radical (unpaired) electrons. The van der Waals surface area contributed by atoms with Crippen molar-refractivity contribution in [1.29, 1.82) is 0 Å². The van der Waals surface area contributed by atoms with Crippen LogP contribution in [-0.2, 0) is 6.42 Å². The molecule has 2 rings (SSSR count). The molecule has 1 aromatic heterocycles. The van der Waals surface area contributed by atoms with Crippen LogP contribution in [0.15, 0.2) is 18.2 Å². The van der Waals surface area contributed by atoms with Crippen LogP contribution in [0.3, 0.4) is 0 Å². The molecule has 2 nitrogen and oxygen atoms in total. The molecule has 0 spiro atoms. The number of imidazole rings is 1. The molecule has 0 saturated heterocycles. The molecule has 0 aliphatic rings. The predicted molar refractivity (Wildman–Crippen MR) is 82.0 cm³/mol. The Morgan fingerprint density at radius 3 is 2.89 bits per heavy atom. The lowest BCUT2D eigenvalue weighted by Crippen LogP contribution is -2.12. The second-order valence-electron chi connectivity index (χ2n) is 4.63. The molecular weight excluding hydrogens is 264 g/mol. The van der Waals surface area contributed by atoms with Gasteiger partial charge < -0.3 is 4.57 Å². The van der Waals surface area contributed by atoms with Crippen molar-refractivity contribution in [1.82, 2.24) is 9.55 Å². The van der Waals surface area contributed by atoms with E-state index in [1.54, 1.807) is 0 Å². The maximum atomic E-state index is 5.89. The van der Waals surface area contributed by atoms with Crippen LogP contribution in [-0.4, -0.2) is 27.4 Å². The number of alkyl halides is 1. The van der Waals surface area contributed by atoms with Crippen LogP contribution in [0.5, 0.6) is 0 Å². The van der Waals surface area contributed by atoms with E-state index in [2.05, 4.69) is 42.9 Å². The van der Waals surface area contributed by atoms with Gasteiger partial charge in [-0.25, -0.2) is 4.98 Å². The summed E-state index contributed by atoms with van der Waals surface area (Å²) in [6.07, 6.45) is 2.97. The van der Waals surface area contributed by atoms with Crippen LogP contribution < -0.4 is 0 Å². The Labute approximate surface area is 118 Å². The molecule has 0 aliphatic heterocycles. The zero-order valence-corrected chi connectivity index (χ0v) is 12.7. The highest BCUT2D eigenvalue weighted by molar-refractivity contribution is 7.98. The lowest BCUT2D eigenvalue weighted by atomic mass is 10.2. The second-order valence-corrected chi connectivity index (χ2v) is 5.92. The zero-order chi connectivity index (χ0) is 13.1. The highest BCUT2D eigenvalue weighted by atomic mass is 35.5. The van der Waals surface area contributed by atoms with Crippen LogP contribution in [0.2, 0.25) is 0 Å². The number of hydrogen-bond donors (Lipinski definition) is 0. The molecule has 18 heavy (non-hydrogen) atoms. The minimum absolute atomic E-state index is 0.450. The van der Waals surface area contributed by atoms with Gasteiger partial charge in [0.1, 0.15) is 5.82 Å². The van der Waals surface area contributed by atoms with Gasteiger partial charge in [0, 0.05) is 24.1 Å². The molecule has 0 fully saturated rings. The summed E-state index contributed by atoms with van der Waals surface area (Å²) in [6.45, 7) is 4.35. The average molecular weight is 283 g/mol. The van der Waals surface area contributed by atoms with E-state index in [1.807, 2.05) is 11.8 Å². The van der Waals surface area contributed by atoms with Crippen LogP contribution in [0, 0.1) is 6.92 Å². The molecule has 0 N–H and O–H groups in total. The molecule has 0 bridgehead atoms. The second kappa shape index (κ2) is 5.98. The van der Waals surface area contributed by atoms with Gasteiger partial charge in [0.05, 0.1) is 11.0 Å². The Kier molecular flexibility index (Phi) is 4.57. The number of aromatic nitrogens is 2. The molecule has 1 unspecified atom stereocenters. The van der Waals surface area contributed by atoms with E-state index in [9.17, 15) is 0 Å². The monoisotopic (exact) mass is 282 g/mol. The van der Waals surface area contributed by atoms with Gasteiger partial charge in [-0.3, -0.25) is 0 Å². The summed E-state index contributed by atoms with van der Waals surface area (Å²) in [5, 5.41) is 0. The fourth-order valence-electron chi connectivity index (χ4n) is 2.33. The lowest BCUT2D eigenvalue weighted by molar-refractivity contribution is 0.597. The van der Waals surface area contributed by atoms with E-state index in [1.165, 1.54) is 11.1 Å². The Hall–Kier alpha value is -0.670. The van der Waals surface area contributed by atoms with Crippen molar-refractivity contribution in [2.45, 2.75) is 26.3 Å². The third-order valence-corrected chi connectivity index (χ3v) is 4.09. The van der Waals surface area contributed by atoms with E-state index in [4.69, 9.17) is 16.6 Å². The maximum absolute atomic E-state index is 5.89. The average Bonchev–Trinajstić information content (AvgIpc) is 2.67. The summed E-state index contributed by atoms with van der Waals surface area (Å²) < 4.78 is 2.34. The number of halogens is 1. The fourth-order valence-corrected chi connectivity index (χ4v) is 3.13. The first kappa shape index (κ1) is 13.8. The van der Waals surface area contributed by atoms with Crippen molar-refractivity contribution in [3.8, 4) is 0 Å². The van der Waals surface area contributed by atoms with Gasteiger partial charge in [0.2, 0.25) is 0 Å². The normalized spacial score (nSPS) is 13.1. The number of benzene rings is 1. The predicted octanol–water partition coefficient (Wildman–Crippen LogP) is 4.05. The van der Waals surface area contributed by atoms with E-state index < -0.39 is 0 Å². The number of nitrogens with zero attached hydrogens (tertiary/aromatic N) is 2. The third-order valence-electron chi connectivity index (χ3n) is 3.08. The standard InChI is InChI=1S/C14H19ClN2S/c1-10-4-5-13-12(8-10)16-14(6-7-15)17(13)11(2)9-18-3/h4-5,8,11H,6-7,9H2,1-3H3. The zero-order valence-electron chi connectivity index (χ0n) is 11.1. The van der Waals surface area contributed by atoms with Crippen LogP contribution in [0.25, 0.3) is 11.0 Å². The van der Waals surface area contributed by atoms with Gasteiger partial charge in [-0.1, -0.05) is 6.07 Å². The summed E-state index contributed by atoms with van der Waals surface area (Å²) in [7, 11) is 0. The molecule has 0 saturated carbocycles. The minimum Gasteiger partial charge on any atom is -0.324 e. The molecule has 98 valence electrons. The molecule has 4 heteroatoms. The van der Waals surface area contributed by atoms with E-state index in [0.717, 1.165) is 23.5 Å². The largest absolute Gasteiger partial charge is 0.324 e. The van der Waals surface area contributed by atoms with E-state index in [0.29, 0.717) is 11.9 Å². The van der Waals surface area contributed by atoms with Gasteiger partial charge in [-0.05, 0) is 37.8 Å². The smallest absolute Gasteiger partial charge is 0.111 e. The maximum Gasteiger partial charge on any atom is 0.111 e. The van der Waals surface area contributed by atoms with Gasteiger partial charge in [0.25, 0.3) is 0 Å². The number of rotatable bonds is 5. The summed E-state index contributed by atoms with van der Waals surface area (Å²) >= 11 is 7.75. The van der Waals surface area contributed by atoms with Crippen molar-refractivity contribution in [3.63, 3.8) is 0 Å². The number of hydrogen-bond acceptors (Lipinski definition) is 2. The van der Waals surface area contributed by atoms with Crippen molar-refractivity contribution < 1.29 is 0 Å². The first-order valence-electron chi connectivity index (χ1n) is 6.19. The van der Waals surface area contributed by atoms with Gasteiger partial charge in [0.15, 0.2) is 0 Å². The van der Waals surface area contributed by atoms with Crippen molar-refractivity contribution in [3.05, 3.63) is 29.6 Å². The molecule has 2 aromatic rings. The van der Waals surface area contributed by atoms with Crippen molar-refractivity contribution in [2.24, 2.45) is 0 Å². The Bertz CT molecular complexity index is 536. The quantitative estimate of drug-likeness (QED) is 0.770. The van der Waals surface area contributed by atoms with Gasteiger partial charge >= 0.3 is 0 Å². The number of fused-ring (bicyclic) bond motifs is 1. The van der Waals surface area contributed by atoms with Crippen LogP contribution >= 0.6 is 23.4 Å².